The SMILES string of the molecule is C#CCOC(=O)c1cc(Br)c2nc(-c3cccc(Cl)c3)[nH]c2c1. The number of terminal acetylenes is 1. The van der Waals surface area contributed by atoms with E-state index in [4.69, 9.17) is 22.8 Å². The molecule has 0 radical (unpaired) electrons. The summed E-state index contributed by atoms with van der Waals surface area (Å²) in [4.78, 5) is 19.7. The lowest BCUT2D eigenvalue weighted by Gasteiger charge is -2.02. The highest BCUT2D eigenvalue weighted by Crippen LogP contribution is 2.28. The third-order valence-electron chi connectivity index (χ3n) is 3.16. The number of carbonyl (C=O) groups is 1. The molecule has 2 aromatic carbocycles. The van der Waals surface area contributed by atoms with E-state index in [0.29, 0.717) is 31.9 Å². The van der Waals surface area contributed by atoms with Crippen molar-refractivity contribution in [1.29, 1.82) is 0 Å². The lowest BCUT2D eigenvalue weighted by atomic mass is 10.2. The van der Waals surface area contributed by atoms with E-state index in [1.54, 1.807) is 18.2 Å². The Balaban J connectivity index is 2.05. The van der Waals surface area contributed by atoms with Gasteiger partial charge in [-0.3, -0.25) is 0 Å². The topological polar surface area (TPSA) is 55.0 Å². The van der Waals surface area contributed by atoms with Gasteiger partial charge in [0.05, 0.1) is 11.1 Å². The molecule has 0 aliphatic rings. The van der Waals surface area contributed by atoms with Crippen molar-refractivity contribution in [3.05, 3.63) is 51.5 Å². The number of carbonyl (C=O) groups excluding carboxylic acids is 1. The van der Waals surface area contributed by atoms with E-state index in [1.165, 1.54) is 0 Å². The van der Waals surface area contributed by atoms with Crippen LogP contribution in [0.2, 0.25) is 5.02 Å². The van der Waals surface area contributed by atoms with Crippen LogP contribution in [0.4, 0.5) is 0 Å². The Morgan fingerprint density at radius 1 is 1.39 bits per heavy atom. The first kappa shape index (κ1) is 15.6. The summed E-state index contributed by atoms with van der Waals surface area (Å²) < 4.78 is 5.63. The zero-order chi connectivity index (χ0) is 16.4. The number of rotatable bonds is 3. The Bertz CT molecular complexity index is 943. The number of nitrogens with one attached hydrogen (secondary N) is 1. The van der Waals surface area contributed by atoms with Crippen molar-refractivity contribution in [1.82, 2.24) is 9.97 Å². The first-order valence-corrected chi connectivity index (χ1v) is 7.81. The summed E-state index contributed by atoms with van der Waals surface area (Å²) >= 11 is 9.44. The van der Waals surface area contributed by atoms with Crippen LogP contribution in [0.1, 0.15) is 10.4 Å². The molecule has 1 N–H and O–H groups in total. The number of nitrogens with zero attached hydrogens (tertiary/aromatic N) is 1. The van der Waals surface area contributed by atoms with Crippen molar-refractivity contribution in [3.63, 3.8) is 0 Å². The van der Waals surface area contributed by atoms with Crippen molar-refractivity contribution >= 4 is 44.5 Å². The fourth-order valence-corrected chi connectivity index (χ4v) is 2.90. The summed E-state index contributed by atoms with van der Waals surface area (Å²) in [5, 5.41) is 0.626. The summed E-state index contributed by atoms with van der Waals surface area (Å²) in [6.07, 6.45) is 5.09. The zero-order valence-corrected chi connectivity index (χ0v) is 14.1. The normalized spacial score (nSPS) is 10.5. The molecule has 0 unspecified atom stereocenters. The Kier molecular flexibility index (Phi) is 4.37. The molecule has 0 bridgehead atoms. The quantitative estimate of drug-likeness (QED) is 0.532. The third-order valence-corrected chi connectivity index (χ3v) is 4.00. The van der Waals surface area contributed by atoms with Gasteiger partial charge in [-0.15, -0.1) is 6.42 Å². The predicted molar refractivity (Wildman–Crippen MR) is 93.4 cm³/mol. The van der Waals surface area contributed by atoms with E-state index in [9.17, 15) is 4.79 Å². The van der Waals surface area contributed by atoms with E-state index >= 15 is 0 Å². The summed E-state index contributed by atoms with van der Waals surface area (Å²) in [7, 11) is 0. The highest BCUT2D eigenvalue weighted by molar-refractivity contribution is 9.10. The van der Waals surface area contributed by atoms with E-state index < -0.39 is 5.97 Å². The molecule has 3 rings (SSSR count). The van der Waals surface area contributed by atoms with Gasteiger partial charge >= 0.3 is 5.97 Å². The molecule has 0 saturated heterocycles. The van der Waals surface area contributed by atoms with Crippen LogP contribution in [-0.4, -0.2) is 22.5 Å². The number of H-pyrrole nitrogens is 1. The molecule has 1 heterocycles. The molecular weight excluding hydrogens is 380 g/mol. The lowest BCUT2D eigenvalue weighted by Crippen LogP contribution is -2.05. The van der Waals surface area contributed by atoms with Crippen molar-refractivity contribution in [2.45, 2.75) is 0 Å². The molecule has 1 aromatic heterocycles. The fraction of sp³-hybridized carbons (Fsp3) is 0.0588. The molecule has 23 heavy (non-hydrogen) atoms. The van der Waals surface area contributed by atoms with Crippen LogP contribution in [-0.2, 0) is 4.74 Å². The molecule has 0 atom stereocenters. The van der Waals surface area contributed by atoms with Crippen molar-refractivity contribution in [3.8, 4) is 23.7 Å². The molecule has 0 spiro atoms. The Hall–Kier alpha value is -2.29. The maximum Gasteiger partial charge on any atom is 0.339 e. The Morgan fingerprint density at radius 3 is 2.96 bits per heavy atom. The molecule has 3 aromatic rings. The Morgan fingerprint density at radius 2 is 2.22 bits per heavy atom. The number of hydrogen-bond acceptors (Lipinski definition) is 3. The second-order valence-corrected chi connectivity index (χ2v) is 6.02. The molecule has 0 aliphatic heterocycles. The summed E-state index contributed by atoms with van der Waals surface area (Å²) in [6, 6.07) is 10.7. The van der Waals surface area contributed by atoms with Crippen LogP contribution in [0.3, 0.4) is 0 Å². The number of aromatic nitrogens is 2. The van der Waals surface area contributed by atoms with Crippen LogP contribution in [0, 0.1) is 12.3 Å². The van der Waals surface area contributed by atoms with Gasteiger partial charge in [-0.2, -0.15) is 0 Å². The minimum atomic E-state index is -0.482. The predicted octanol–water partition coefficient (Wildman–Crippen LogP) is 4.44. The fourth-order valence-electron chi connectivity index (χ4n) is 2.16. The molecule has 0 saturated carbocycles. The summed E-state index contributed by atoms with van der Waals surface area (Å²) in [5.74, 6) is 2.45. The van der Waals surface area contributed by atoms with E-state index in [1.807, 2.05) is 18.2 Å². The number of ether oxygens (including phenoxy) is 1. The van der Waals surface area contributed by atoms with E-state index in [0.717, 1.165) is 5.56 Å². The maximum absolute atomic E-state index is 11.9. The van der Waals surface area contributed by atoms with Crippen molar-refractivity contribution in [2.24, 2.45) is 0 Å². The number of imidazole rings is 1. The average Bonchev–Trinajstić information content (AvgIpc) is 2.97. The number of aromatic amines is 1. The van der Waals surface area contributed by atoms with Crippen molar-refractivity contribution < 1.29 is 9.53 Å². The smallest absolute Gasteiger partial charge is 0.339 e. The molecule has 0 amide bonds. The zero-order valence-electron chi connectivity index (χ0n) is 11.8. The summed E-state index contributed by atoms with van der Waals surface area (Å²) in [6.45, 7) is -0.0643. The number of halogens is 2. The van der Waals surface area contributed by atoms with Crippen LogP contribution in [0.15, 0.2) is 40.9 Å². The minimum Gasteiger partial charge on any atom is -0.449 e. The number of esters is 1. The standard InChI is InChI=1S/C17H10BrClN2O2/c1-2-6-23-17(22)11-8-13(18)15-14(9-11)20-16(21-15)10-4-3-5-12(19)7-10/h1,3-5,7-9H,6H2,(H,20,21). The van der Waals surface area contributed by atoms with Gasteiger partial charge < -0.3 is 9.72 Å². The van der Waals surface area contributed by atoms with E-state index in [-0.39, 0.29) is 6.61 Å². The van der Waals surface area contributed by atoms with Crippen molar-refractivity contribution in [2.75, 3.05) is 6.61 Å². The molecule has 0 fully saturated rings. The van der Waals surface area contributed by atoms with Crippen LogP contribution in [0.5, 0.6) is 0 Å². The van der Waals surface area contributed by atoms with Gasteiger partial charge in [0.2, 0.25) is 0 Å². The summed E-state index contributed by atoms with van der Waals surface area (Å²) in [5.41, 5.74) is 2.67. The lowest BCUT2D eigenvalue weighted by molar-refractivity contribution is 0.0557. The van der Waals surface area contributed by atoms with Crippen LogP contribution in [0.25, 0.3) is 22.4 Å². The van der Waals surface area contributed by atoms with Gasteiger partial charge in [0, 0.05) is 15.1 Å². The number of hydrogen-bond donors (Lipinski definition) is 1. The van der Waals surface area contributed by atoms with Gasteiger partial charge in [-0.05, 0) is 40.2 Å². The maximum atomic E-state index is 11.9. The number of fused-ring (bicyclic) bond motifs is 1. The van der Waals surface area contributed by atoms with Gasteiger partial charge in [0.25, 0.3) is 0 Å². The molecule has 114 valence electrons. The number of benzene rings is 2. The van der Waals surface area contributed by atoms with Crippen LogP contribution < -0.4 is 0 Å². The first-order chi connectivity index (χ1) is 11.1. The third kappa shape index (κ3) is 3.24. The van der Waals surface area contributed by atoms with Crippen LogP contribution >= 0.6 is 27.5 Å². The van der Waals surface area contributed by atoms with E-state index in [2.05, 4.69) is 31.8 Å². The Labute approximate surface area is 146 Å². The molecule has 0 aliphatic carbocycles. The largest absolute Gasteiger partial charge is 0.449 e. The monoisotopic (exact) mass is 388 g/mol. The average molecular weight is 390 g/mol. The first-order valence-electron chi connectivity index (χ1n) is 6.64. The molecule has 4 nitrogen and oxygen atoms in total. The molecular formula is C17H10BrClN2O2. The van der Waals surface area contributed by atoms with Gasteiger partial charge in [-0.25, -0.2) is 9.78 Å². The van der Waals surface area contributed by atoms with Gasteiger partial charge in [0.15, 0.2) is 6.61 Å². The second-order valence-electron chi connectivity index (χ2n) is 4.73. The molecule has 6 heteroatoms. The highest BCUT2D eigenvalue weighted by Gasteiger charge is 2.14. The van der Waals surface area contributed by atoms with Gasteiger partial charge in [-0.1, -0.05) is 29.7 Å². The minimum absolute atomic E-state index is 0.0643. The van der Waals surface area contributed by atoms with Gasteiger partial charge in [0.1, 0.15) is 11.3 Å². The second kappa shape index (κ2) is 6.45. The highest BCUT2D eigenvalue weighted by atomic mass is 79.9.